The lowest BCUT2D eigenvalue weighted by Crippen LogP contribution is -2.54. The Morgan fingerprint density at radius 3 is 2.67 bits per heavy atom. The Bertz CT molecular complexity index is 1440. The number of likely N-dealkylation sites (N-methyl/N-ethyl adjacent to an activating group) is 1. The number of hydrogen-bond donors (Lipinski definition) is 3. The highest BCUT2D eigenvalue weighted by Crippen LogP contribution is 2.34. The monoisotopic (exact) mass is 613 g/mol. The van der Waals surface area contributed by atoms with Gasteiger partial charge in [0.1, 0.15) is 0 Å². The number of nitrogens with zero attached hydrogens (tertiary/aromatic N) is 6. The van der Waals surface area contributed by atoms with Crippen LogP contribution in [-0.2, 0) is 0 Å². The molecule has 0 spiro atoms. The van der Waals surface area contributed by atoms with Gasteiger partial charge in [-0.1, -0.05) is 48.7 Å². The molecule has 3 aromatic rings. The molecule has 12 heteroatoms. The molecule has 4 unspecified atom stereocenters. The number of rotatable bonds is 4. The summed E-state index contributed by atoms with van der Waals surface area (Å²) in [7, 11) is 2.18. The first kappa shape index (κ1) is 29.7. The van der Waals surface area contributed by atoms with E-state index in [1.807, 2.05) is 10.6 Å². The molecule has 0 radical (unpaired) electrons. The maximum Gasteiger partial charge on any atom is 0.254 e. The predicted octanol–water partition coefficient (Wildman–Crippen LogP) is 3.94. The van der Waals surface area contributed by atoms with Gasteiger partial charge in [-0.05, 0) is 74.7 Å². The molecule has 2 bridgehead atoms. The number of benzene rings is 1. The molecule has 42 heavy (non-hydrogen) atoms. The van der Waals surface area contributed by atoms with Gasteiger partial charge in [0, 0.05) is 48.4 Å². The molecule has 3 aliphatic rings. The van der Waals surface area contributed by atoms with Crippen LogP contribution in [0, 0.1) is 17.8 Å². The SMILES string of the molecule is CC(C)[C@H]1CCC[C@H](n2cnc(-c3cc(Cl)ccc3-n3cc(Cl)nn3)cc2=O)C2CC(CCN2)C2C(CNN2C)NC1. The van der Waals surface area contributed by atoms with Gasteiger partial charge in [-0.15, -0.1) is 5.10 Å². The summed E-state index contributed by atoms with van der Waals surface area (Å²) >= 11 is 12.4. The molecule has 0 amide bonds. The van der Waals surface area contributed by atoms with Crippen molar-refractivity contribution in [3.8, 4) is 16.9 Å². The van der Waals surface area contributed by atoms with Crippen molar-refractivity contribution in [3.63, 3.8) is 0 Å². The van der Waals surface area contributed by atoms with E-state index in [4.69, 9.17) is 28.2 Å². The van der Waals surface area contributed by atoms with Crippen molar-refractivity contribution < 1.29 is 0 Å². The normalized spacial score (nSPS) is 29.2. The smallest absolute Gasteiger partial charge is 0.254 e. The van der Waals surface area contributed by atoms with Crippen molar-refractivity contribution in [2.75, 3.05) is 26.7 Å². The largest absolute Gasteiger partial charge is 0.312 e. The van der Waals surface area contributed by atoms with Crippen LogP contribution in [0.15, 0.2) is 41.6 Å². The van der Waals surface area contributed by atoms with E-state index in [0.29, 0.717) is 51.8 Å². The van der Waals surface area contributed by atoms with Crippen LogP contribution in [0.3, 0.4) is 0 Å². The van der Waals surface area contributed by atoms with E-state index >= 15 is 0 Å². The Morgan fingerprint density at radius 2 is 1.90 bits per heavy atom. The van der Waals surface area contributed by atoms with Crippen LogP contribution in [0.2, 0.25) is 10.2 Å². The summed E-state index contributed by atoms with van der Waals surface area (Å²) in [6, 6.07) is 8.08. The van der Waals surface area contributed by atoms with Crippen LogP contribution in [0.25, 0.3) is 16.9 Å². The van der Waals surface area contributed by atoms with Gasteiger partial charge in [0.25, 0.3) is 5.56 Å². The van der Waals surface area contributed by atoms with Gasteiger partial charge >= 0.3 is 0 Å². The number of hydrazine groups is 1. The minimum absolute atomic E-state index is 0.0214. The molecule has 1 aromatic carbocycles. The molecule has 3 aliphatic heterocycles. The fourth-order valence-corrected chi connectivity index (χ4v) is 7.64. The zero-order valence-corrected chi connectivity index (χ0v) is 26.0. The minimum Gasteiger partial charge on any atom is -0.312 e. The molecule has 0 saturated carbocycles. The van der Waals surface area contributed by atoms with Crippen molar-refractivity contribution >= 4 is 23.2 Å². The predicted molar refractivity (Wildman–Crippen MR) is 166 cm³/mol. The van der Waals surface area contributed by atoms with Gasteiger partial charge in [0.15, 0.2) is 5.15 Å². The van der Waals surface area contributed by atoms with E-state index in [1.165, 1.54) is 0 Å². The van der Waals surface area contributed by atoms with Crippen molar-refractivity contribution in [2.24, 2.45) is 17.8 Å². The fraction of sp³-hybridized carbons (Fsp3) is 0.600. The average Bonchev–Trinajstić information content (AvgIpc) is 3.57. The maximum atomic E-state index is 13.9. The summed E-state index contributed by atoms with van der Waals surface area (Å²) in [6.45, 7) is 7.59. The zero-order chi connectivity index (χ0) is 29.4. The molecule has 3 fully saturated rings. The molecule has 3 N–H and O–H groups in total. The number of fused-ring (bicyclic) bond motifs is 4. The van der Waals surface area contributed by atoms with Crippen LogP contribution in [0.5, 0.6) is 0 Å². The second kappa shape index (κ2) is 12.7. The zero-order valence-electron chi connectivity index (χ0n) is 24.5. The van der Waals surface area contributed by atoms with Crippen LogP contribution in [0.1, 0.15) is 52.0 Å². The molecule has 10 nitrogen and oxygen atoms in total. The van der Waals surface area contributed by atoms with E-state index in [9.17, 15) is 4.79 Å². The van der Waals surface area contributed by atoms with Crippen molar-refractivity contribution in [3.05, 3.63) is 57.3 Å². The first-order chi connectivity index (χ1) is 20.3. The van der Waals surface area contributed by atoms with Gasteiger partial charge in [-0.25, -0.2) is 14.7 Å². The van der Waals surface area contributed by atoms with Gasteiger partial charge in [0.05, 0.1) is 29.9 Å². The Labute approximate surface area is 257 Å². The van der Waals surface area contributed by atoms with Gasteiger partial charge < -0.3 is 10.6 Å². The van der Waals surface area contributed by atoms with E-state index in [2.05, 4.69) is 52.3 Å². The first-order valence-corrected chi connectivity index (χ1v) is 15.9. The highest BCUT2D eigenvalue weighted by atomic mass is 35.5. The number of piperidine rings is 1. The third-order valence-electron chi connectivity index (χ3n) is 9.65. The number of nitrogens with one attached hydrogen (secondary N) is 3. The summed E-state index contributed by atoms with van der Waals surface area (Å²) < 4.78 is 3.44. The number of hydrogen-bond acceptors (Lipinski definition) is 8. The molecular weight excluding hydrogens is 573 g/mol. The molecule has 0 aliphatic carbocycles. The summed E-state index contributed by atoms with van der Waals surface area (Å²) in [5.74, 6) is 1.71. The lowest BCUT2D eigenvalue weighted by Gasteiger charge is -2.42. The highest BCUT2D eigenvalue weighted by Gasteiger charge is 2.42. The molecule has 2 aromatic heterocycles. The highest BCUT2D eigenvalue weighted by molar-refractivity contribution is 6.31. The Morgan fingerprint density at radius 1 is 1.05 bits per heavy atom. The first-order valence-electron chi connectivity index (χ1n) is 15.2. The van der Waals surface area contributed by atoms with E-state index < -0.39 is 0 Å². The van der Waals surface area contributed by atoms with Crippen molar-refractivity contribution in [1.82, 2.24) is 45.6 Å². The van der Waals surface area contributed by atoms with Crippen LogP contribution in [0.4, 0.5) is 0 Å². The standard InChI is InChI=1S/C30H41Cl2N9O/c1-18(2)20-5-4-6-27(24-11-19(9-10-33-24)30-25(34-14-20)15-36-39(30)3)40-17-35-23(13-29(40)42)22-12-21(31)7-8-26(22)41-16-28(32)37-38-41/h7-8,12-13,16-20,24-25,27,30,33-34,36H,4-6,9-11,14-15H2,1-3H3/t19?,20-,24?,25?,27-,30?/m0/s1. The average molecular weight is 615 g/mol. The van der Waals surface area contributed by atoms with E-state index in [-0.39, 0.29) is 22.8 Å². The van der Waals surface area contributed by atoms with E-state index in [1.54, 1.807) is 35.4 Å². The van der Waals surface area contributed by atoms with Gasteiger partial charge in [0.2, 0.25) is 0 Å². The number of aromatic nitrogens is 5. The Hall–Kier alpha value is -2.34. The fourth-order valence-electron chi connectivity index (χ4n) is 7.34. The third-order valence-corrected chi connectivity index (χ3v) is 10.1. The topological polar surface area (TPSA) is 105 Å². The third kappa shape index (κ3) is 6.16. The van der Waals surface area contributed by atoms with Crippen LogP contribution < -0.4 is 21.6 Å². The van der Waals surface area contributed by atoms with Crippen molar-refractivity contribution in [1.29, 1.82) is 0 Å². The summed E-state index contributed by atoms with van der Waals surface area (Å²) in [6.07, 6.45) is 8.61. The summed E-state index contributed by atoms with van der Waals surface area (Å²) in [5.41, 5.74) is 5.45. The van der Waals surface area contributed by atoms with E-state index in [0.717, 1.165) is 51.7 Å². The second-order valence-corrected chi connectivity index (χ2v) is 13.3. The lowest BCUT2D eigenvalue weighted by atomic mass is 9.79. The van der Waals surface area contributed by atoms with Gasteiger partial charge in [-0.2, -0.15) is 0 Å². The summed E-state index contributed by atoms with van der Waals surface area (Å²) in [4.78, 5) is 18.7. The molecule has 5 heterocycles. The number of halogens is 2. The molecule has 6 atom stereocenters. The van der Waals surface area contributed by atoms with Crippen LogP contribution in [-0.4, -0.2) is 74.4 Å². The molecule has 226 valence electrons. The molecular formula is C30H41Cl2N9O. The Kier molecular flexibility index (Phi) is 9.00. The Balaban J connectivity index is 1.34. The van der Waals surface area contributed by atoms with Gasteiger partial charge in [-0.3, -0.25) is 14.8 Å². The quantitative estimate of drug-likeness (QED) is 0.406. The van der Waals surface area contributed by atoms with Crippen molar-refractivity contribution in [2.45, 2.75) is 70.1 Å². The second-order valence-electron chi connectivity index (χ2n) is 12.5. The summed E-state index contributed by atoms with van der Waals surface area (Å²) in [5, 5.41) is 18.9. The van der Waals surface area contributed by atoms with Crippen LogP contribution >= 0.6 is 23.2 Å². The maximum absolute atomic E-state index is 13.9. The minimum atomic E-state index is -0.0665. The lowest BCUT2D eigenvalue weighted by molar-refractivity contribution is 0.106. The molecule has 3 saturated heterocycles. The molecule has 6 rings (SSSR count).